The molecule has 0 aliphatic rings. The van der Waals surface area contributed by atoms with Gasteiger partial charge >= 0.3 is 0 Å². The number of nitrogens with zero attached hydrogens (tertiary/aromatic N) is 3. The van der Waals surface area contributed by atoms with E-state index >= 15 is 0 Å². The zero-order chi connectivity index (χ0) is 16.9. The number of rotatable bonds is 6. The van der Waals surface area contributed by atoms with Gasteiger partial charge in [0.1, 0.15) is 23.9 Å². The maximum Gasteiger partial charge on any atom is 0.238 e. The minimum absolute atomic E-state index is 0.0944. The molecule has 0 spiro atoms. The van der Waals surface area contributed by atoms with Crippen LogP contribution in [0.2, 0.25) is 0 Å². The third kappa shape index (κ3) is 4.05. The average molecular weight is 342 g/mol. The van der Waals surface area contributed by atoms with Crippen LogP contribution in [0.15, 0.2) is 58.2 Å². The minimum atomic E-state index is -0.269. The molecular weight excluding hydrogens is 324 g/mol. The molecule has 3 heterocycles. The van der Waals surface area contributed by atoms with Gasteiger partial charge in [0.15, 0.2) is 0 Å². The van der Waals surface area contributed by atoms with Gasteiger partial charge in [-0.25, -0.2) is 9.67 Å². The summed E-state index contributed by atoms with van der Waals surface area (Å²) in [6.45, 7) is 4.22. The predicted molar refractivity (Wildman–Crippen MR) is 93.0 cm³/mol. The van der Waals surface area contributed by atoms with Gasteiger partial charge in [-0.2, -0.15) is 5.10 Å². The summed E-state index contributed by atoms with van der Waals surface area (Å²) in [7, 11) is 0. The number of thioether (sulfide) groups is 1. The Hall–Kier alpha value is -2.54. The van der Waals surface area contributed by atoms with Gasteiger partial charge < -0.3 is 9.73 Å². The van der Waals surface area contributed by atoms with E-state index in [0.717, 1.165) is 16.5 Å². The van der Waals surface area contributed by atoms with Crippen molar-refractivity contribution in [1.29, 1.82) is 0 Å². The van der Waals surface area contributed by atoms with E-state index in [1.165, 1.54) is 11.8 Å². The van der Waals surface area contributed by atoms with Gasteiger partial charge in [0.25, 0.3) is 0 Å². The summed E-state index contributed by atoms with van der Waals surface area (Å²) < 4.78 is 7.26. The summed E-state index contributed by atoms with van der Waals surface area (Å²) in [5, 5.41) is 7.70. The number of aryl methyl sites for hydroxylation is 1. The molecule has 3 aromatic rings. The van der Waals surface area contributed by atoms with Crippen LogP contribution in [0.4, 0.5) is 5.82 Å². The monoisotopic (exact) mass is 342 g/mol. The molecule has 0 bridgehead atoms. The first kappa shape index (κ1) is 16.3. The Bertz CT molecular complexity index is 813. The first-order valence-electron chi connectivity index (χ1n) is 7.57. The first-order chi connectivity index (χ1) is 11.6. The number of amides is 1. The molecule has 0 fully saturated rings. The highest BCUT2D eigenvalue weighted by atomic mass is 32.2. The number of hydrogen-bond acceptors (Lipinski definition) is 5. The molecule has 0 saturated carbocycles. The fraction of sp³-hybridized carbons (Fsp3) is 0.235. The van der Waals surface area contributed by atoms with Gasteiger partial charge in [-0.3, -0.25) is 4.79 Å². The van der Waals surface area contributed by atoms with Crippen molar-refractivity contribution < 1.29 is 9.21 Å². The Morgan fingerprint density at radius 1 is 1.29 bits per heavy atom. The summed E-state index contributed by atoms with van der Waals surface area (Å²) in [5.74, 6) is 2.19. The molecule has 0 aliphatic heterocycles. The lowest BCUT2D eigenvalue weighted by Crippen LogP contribution is -2.24. The van der Waals surface area contributed by atoms with Gasteiger partial charge in [0.2, 0.25) is 5.91 Å². The Kier molecular flexibility index (Phi) is 5.00. The van der Waals surface area contributed by atoms with E-state index < -0.39 is 0 Å². The minimum Gasteiger partial charge on any atom is -0.464 e. The van der Waals surface area contributed by atoms with Crippen LogP contribution in [0, 0.1) is 6.92 Å². The molecule has 0 aliphatic carbocycles. The Balaban J connectivity index is 1.63. The normalized spacial score (nSPS) is 12.1. The number of aromatic nitrogens is 3. The van der Waals surface area contributed by atoms with Crippen molar-refractivity contribution in [3.63, 3.8) is 0 Å². The fourth-order valence-corrected chi connectivity index (χ4v) is 2.97. The highest BCUT2D eigenvalue weighted by Gasteiger charge is 2.17. The molecule has 7 heteroatoms. The smallest absolute Gasteiger partial charge is 0.238 e. The van der Waals surface area contributed by atoms with Crippen molar-refractivity contribution in [2.45, 2.75) is 30.7 Å². The van der Waals surface area contributed by atoms with Crippen LogP contribution in [0.25, 0.3) is 0 Å². The molecule has 0 saturated heterocycles. The molecule has 1 amide bonds. The van der Waals surface area contributed by atoms with Crippen molar-refractivity contribution in [1.82, 2.24) is 14.8 Å². The van der Waals surface area contributed by atoms with Crippen LogP contribution in [0.3, 0.4) is 0 Å². The lowest BCUT2D eigenvalue weighted by atomic mass is 10.4. The maximum absolute atomic E-state index is 12.4. The highest BCUT2D eigenvalue weighted by Crippen LogP contribution is 2.22. The molecule has 0 unspecified atom stereocenters. The lowest BCUT2D eigenvalue weighted by molar-refractivity contribution is -0.115. The number of pyridine rings is 1. The van der Waals surface area contributed by atoms with Gasteiger partial charge in [0, 0.05) is 12.3 Å². The van der Waals surface area contributed by atoms with Crippen LogP contribution < -0.4 is 5.32 Å². The van der Waals surface area contributed by atoms with Gasteiger partial charge in [-0.1, -0.05) is 17.8 Å². The summed E-state index contributed by atoms with van der Waals surface area (Å²) in [4.78, 5) is 16.6. The van der Waals surface area contributed by atoms with E-state index in [4.69, 9.17) is 4.42 Å². The lowest BCUT2D eigenvalue weighted by Gasteiger charge is -2.12. The molecule has 0 aromatic carbocycles. The van der Waals surface area contributed by atoms with Crippen molar-refractivity contribution in [2.24, 2.45) is 0 Å². The molecule has 1 N–H and O–H groups in total. The van der Waals surface area contributed by atoms with Gasteiger partial charge in [0.05, 0.1) is 16.5 Å². The second-order valence-electron chi connectivity index (χ2n) is 5.30. The molecule has 124 valence electrons. The zero-order valence-electron chi connectivity index (χ0n) is 13.5. The van der Waals surface area contributed by atoms with Crippen LogP contribution >= 0.6 is 11.8 Å². The van der Waals surface area contributed by atoms with Crippen molar-refractivity contribution in [2.75, 3.05) is 5.32 Å². The van der Waals surface area contributed by atoms with Crippen LogP contribution in [-0.4, -0.2) is 25.9 Å². The molecule has 0 radical (unpaired) electrons. The Morgan fingerprint density at radius 3 is 2.88 bits per heavy atom. The van der Waals surface area contributed by atoms with Gasteiger partial charge in [-0.15, -0.1) is 0 Å². The highest BCUT2D eigenvalue weighted by molar-refractivity contribution is 8.00. The third-order valence-corrected chi connectivity index (χ3v) is 4.42. The number of nitrogens with one attached hydrogen (secondary N) is 1. The number of carbonyl (C=O) groups excluding carboxylic acids is 1. The SMILES string of the molecule is Cc1ccc(Cn2nccc2NC(=O)[C@H](C)Sc2ccccn2)o1. The maximum atomic E-state index is 12.4. The van der Waals surface area contributed by atoms with E-state index in [2.05, 4.69) is 15.4 Å². The summed E-state index contributed by atoms with van der Waals surface area (Å²) in [6.07, 6.45) is 3.37. The third-order valence-electron chi connectivity index (χ3n) is 3.37. The van der Waals surface area contributed by atoms with Crippen LogP contribution in [-0.2, 0) is 11.3 Å². The molecule has 6 nitrogen and oxygen atoms in total. The van der Waals surface area contributed by atoms with Gasteiger partial charge in [-0.05, 0) is 38.1 Å². The second kappa shape index (κ2) is 7.35. The fourth-order valence-electron chi connectivity index (χ4n) is 2.16. The average Bonchev–Trinajstić information content (AvgIpc) is 3.18. The quantitative estimate of drug-likeness (QED) is 0.696. The molecule has 3 aromatic heterocycles. The van der Waals surface area contributed by atoms with E-state index in [0.29, 0.717) is 12.4 Å². The summed E-state index contributed by atoms with van der Waals surface area (Å²) in [5.41, 5.74) is 0. The first-order valence-corrected chi connectivity index (χ1v) is 8.45. The van der Waals surface area contributed by atoms with Crippen LogP contribution in [0.5, 0.6) is 0 Å². The molecule has 3 rings (SSSR count). The zero-order valence-corrected chi connectivity index (χ0v) is 14.3. The Labute approximate surface area is 144 Å². The van der Waals surface area contributed by atoms with Crippen molar-refractivity contribution >= 4 is 23.5 Å². The number of furan rings is 1. The summed E-state index contributed by atoms with van der Waals surface area (Å²) in [6, 6.07) is 11.2. The number of hydrogen-bond donors (Lipinski definition) is 1. The predicted octanol–water partition coefficient (Wildman–Crippen LogP) is 3.35. The summed E-state index contributed by atoms with van der Waals surface area (Å²) >= 11 is 1.42. The van der Waals surface area contributed by atoms with E-state index in [1.54, 1.807) is 23.1 Å². The van der Waals surface area contributed by atoms with E-state index in [-0.39, 0.29) is 11.2 Å². The topological polar surface area (TPSA) is 73.0 Å². The molecule has 1 atom stereocenters. The van der Waals surface area contributed by atoms with E-state index in [1.807, 2.05) is 44.2 Å². The van der Waals surface area contributed by atoms with Crippen LogP contribution in [0.1, 0.15) is 18.4 Å². The van der Waals surface area contributed by atoms with E-state index in [9.17, 15) is 4.79 Å². The van der Waals surface area contributed by atoms with Crippen molar-refractivity contribution in [3.8, 4) is 0 Å². The second-order valence-corrected chi connectivity index (χ2v) is 6.66. The molecule has 24 heavy (non-hydrogen) atoms. The molecular formula is C17H18N4O2S. The number of anilines is 1. The number of carbonyl (C=O) groups is 1. The standard InChI is InChI=1S/C17H18N4O2S/c1-12-6-7-14(23-12)11-21-15(8-10-19-21)20-17(22)13(2)24-16-5-3-4-9-18-16/h3-10,13H,11H2,1-2H3,(H,20,22)/t13-/m0/s1. The Morgan fingerprint density at radius 2 is 2.17 bits per heavy atom. The van der Waals surface area contributed by atoms with Crippen molar-refractivity contribution in [3.05, 3.63) is 60.3 Å². The largest absolute Gasteiger partial charge is 0.464 e.